The van der Waals surface area contributed by atoms with Crippen LogP contribution in [-0.2, 0) is 4.74 Å². The molecule has 0 unspecified atom stereocenters. The van der Waals surface area contributed by atoms with Crippen LogP contribution >= 0.6 is 0 Å². The summed E-state index contributed by atoms with van der Waals surface area (Å²) in [5.74, 6) is 2.48. The molecular weight excluding hydrogens is 228 g/mol. The van der Waals surface area contributed by atoms with Gasteiger partial charge in [0.1, 0.15) is 17.5 Å². The SMILES string of the molecule is CCOCCN(CC)c1cc(N)nc(C(C)C)n1. The van der Waals surface area contributed by atoms with Crippen molar-refractivity contribution in [3.05, 3.63) is 11.9 Å². The van der Waals surface area contributed by atoms with Crippen LogP contribution in [0.4, 0.5) is 11.6 Å². The zero-order chi connectivity index (χ0) is 13.5. The highest BCUT2D eigenvalue weighted by molar-refractivity contribution is 5.47. The van der Waals surface area contributed by atoms with Crippen LogP contribution in [0.15, 0.2) is 6.07 Å². The molecule has 0 saturated heterocycles. The first-order chi connectivity index (χ1) is 8.58. The third kappa shape index (κ3) is 4.14. The first-order valence-electron chi connectivity index (χ1n) is 6.55. The van der Waals surface area contributed by atoms with E-state index in [-0.39, 0.29) is 5.92 Å². The van der Waals surface area contributed by atoms with Gasteiger partial charge in [-0.3, -0.25) is 0 Å². The average molecular weight is 252 g/mol. The minimum atomic E-state index is 0.276. The molecule has 1 heterocycles. The maximum absolute atomic E-state index is 5.84. The number of anilines is 2. The lowest BCUT2D eigenvalue weighted by Gasteiger charge is -2.22. The number of nitrogen functional groups attached to an aromatic ring is 1. The molecule has 0 amide bonds. The van der Waals surface area contributed by atoms with Crippen molar-refractivity contribution < 1.29 is 4.74 Å². The molecule has 5 nitrogen and oxygen atoms in total. The van der Waals surface area contributed by atoms with Crippen LogP contribution in [0, 0.1) is 0 Å². The molecule has 0 bridgehead atoms. The summed E-state index contributed by atoms with van der Waals surface area (Å²) in [5.41, 5.74) is 5.84. The van der Waals surface area contributed by atoms with Gasteiger partial charge in [-0.15, -0.1) is 0 Å². The van der Waals surface area contributed by atoms with Gasteiger partial charge in [0.2, 0.25) is 0 Å². The van der Waals surface area contributed by atoms with E-state index in [1.807, 2.05) is 13.0 Å². The second kappa shape index (κ2) is 7.16. The van der Waals surface area contributed by atoms with E-state index in [1.165, 1.54) is 0 Å². The molecule has 5 heteroatoms. The van der Waals surface area contributed by atoms with E-state index in [9.17, 15) is 0 Å². The molecule has 102 valence electrons. The third-order valence-corrected chi connectivity index (χ3v) is 2.68. The van der Waals surface area contributed by atoms with Gasteiger partial charge in [-0.2, -0.15) is 0 Å². The van der Waals surface area contributed by atoms with Crippen molar-refractivity contribution in [3.63, 3.8) is 0 Å². The lowest BCUT2D eigenvalue weighted by molar-refractivity contribution is 0.154. The topological polar surface area (TPSA) is 64.3 Å². The van der Waals surface area contributed by atoms with E-state index in [1.54, 1.807) is 0 Å². The standard InChI is InChI=1S/C13H24N4O/c1-5-17(7-8-18-6-2)12-9-11(14)15-13(16-12)10(3)4/h9-10H,5-8H2,1-4H3,(H2,14,15,16). The van der Waals surface area contributed by atoms with Crippen molar-refractivity contribution >= 4 is 11.6 Å². The Morgan fingerprint density at radius 3 is 2.61 bits per heavy atom. The second-order valence-electron chi connectivity index (χ2n) is 4.44. The molecular formula is C13H24N4O. The number of aromatic nitrogens is 2. The molecule has 0 spiro atoms. The van der Waals surface area contributed by atoms with Crippen LogP contribution in [0.2, 0.25) is 0 Å². The summed E-state index contributed by atoms with van der Waals surface area (Å²) >= 11 is 0. The molecule has 0 aliphatic carbocycles. The van der Waals surface area contributed by atoms with Crippen LogP contribution in [0.25, 0.3) is 0 Å². The summed E-state index contributed by atoms with van der Waals surface area (Å²) in [7, 11) is 0. The van der Waals surface area contributed by atoms with Crippen LogP contribution in [-0.4, -0.2) is 36.3 Å². The molecule has 1 aromatic rings. The smallest absolute Gasteiger partial charge is 0.135 e. The second-order valence-corrected chi connectivity index (χ2v) is 4.44. The van der Waals surface area contributed by atoms with Crippen molar-refractivity contribution in [1.82, 2.24) is 9.97 Å². The van der Waals surface area contributed by atoms with Crippen LogP contribution < -0.4 is 10.6 Å². The first kappa shape index (κ1) is 14.7. The number of likely N-dealkylation sites (N-methyl/N-ethyl adjacent to an activating group) is 1. The fourth-order valence-corrected chi connectivity index (χ4v) is 1.65. The van der Waals surface area contributed by atoms with Crippen LogP contribution in [0.1, 0.15) is 39.4 Å². The van der Waals surface area contributed by atoms with E-state index >= 15 is 0 Å². The number of hydrogen-bond donors (Lipinski definition) is 1. The van der Waals surface area contributed by atoms with E-state index in [2.05, 4.69) is 35.6 Å². The monoisotopic (exact) mass is 252 g/mol. The number of hydrogen-bond acceptors (Lipinski definition) is 5. The Balaban J connectivity index is 2.84. The molecule has 2 N–H and O–H groups in total. The van der Waals surface area contributed by atoms with Crippen molar-refractivity contribution in [2.24, 2.45) is 0 Å². The van der Waals surface area contributed by atoms with Gasteiger partial charge in [-0.1, -0.05) is 13.8 Å². The van der Waals surface area contributed by atoms with E-state index < -0.39 is 0 Å². The summed E-state index contributed by atoms with van der Waals surface area (Å²) in [6.45, 7) is 11.4. The molecule has 0 fully saturated rings. The number of ether oxygens (including phenoxy) is 1. The Morgan fingerprint density at radius 2 is 2.06 bits per heavy atom. The molecule has 0 aliphatic rings. The quantitative estimate of drug-likeness (QED) is 0.752. The number of nitrogens with two attached hydrogens (primary N) is 1. The third-order valence-electron chi connectivity index (χ3n) is 2.68. The van der Waals surface area contributed by atoms with Gasteiger partial charge in [-0.05, 0) is 13.8 Å². The maximum Gasteiger partial charge on any atom is 0.135 e. The molecule has 0 atom stereocenters. The summed E-state index contributed by atoms with van der Waals surface area (Å²) in [5, 5.41) is 0. The Labute approximate surface area is 109 Å². The average Bonchev–Trinajstić information content (AvgIpc) is 2.34. The maximum atomic E-state index is 5.84. The normalized spacial score (nSPS) is 10.9. The molecule has 18 heavy (non-hydrogen) atoms. The molecule has 0 aliphatic heterocycles. The zero-order valence-corrected chi connectivity index (χ0v) is 11.8. The fraction of sp³-hybridized carbons (Fsp3) is 0.692. The number of nitrogens with zero attached hydrogens (tertiary/aromatic N) is 3. The molecule has 0 aromatic carbocycles. The Kier molecular flexibility index (Phi) is 5.85. The fourth-order valence-electron chi connectivity index (χ4n) is 1.65. The highest BCUT2D eigenvalue weighted by Gasteiger charge is 2.11. The largest absolute Gasteiger partial charge is 0.384 e. The van der Waals surface area contributed by atoms with Gasteiger partial charge in [0.25, 0.3) is 0 Å². The summed E-state index contributed by atoms with van der Waals surface area (Å²) in [4.78, 5) is 11.0. The first-order valence-corrected chi connectivity index (χ1v) is 6.55. The Bertz CT molecular complexity index is 368. The molecule has 1 rings (SSSR count). The minimum absolute atomic E-state index is 0.276. The van der Waals surface area contributed by atoms with E-state index in [4.69, 9.17) is 10.5 Å². The predicted molar refractivity (Wildman–Crippen MR) is 74.9 cm³/mol. The summed E-state index contributed by atoms with van der Waals surface area (Å²) in [6, 6.07) is 1.82. The van der Waals surface area contributed by atoms with Gasteiger partial charge in [0, 0.05) is 31.7 Å². The van der Waals surface area contributed by atoms with Crippen LogP contribution in [0.3, 0.4) is 0 Å². The van der Waals surface area contributed by atoms with Gasteiger partial charge < -0.3 is 15.4 Å². The highest BCUT2D eigenvalue weighted by Crippen LogP contribution is 2.18. The van der Waals surface area contributed by atoms with Gasteiger partial charge in [0.05, 0.1) is 6.61 Å². The lowest BCUT2D eigenvalue weighted by atomic mass is 10.2. The predicted octanol–water partition coefficient (Wildman–Crippen LogP) is 2.04. The van der Waals surface area contributed by atoms with E-state index in [0.29, 0.717) is 12.4 Å². The van der Waals surface area contributed by atoms with Crippen molar-refractivity contribution in [2.45, 2.75) is 33.6 Å². The minimum Gasteiger partial charge on any atom is -0.384 e. The molecule has 1 aromatic heterocycles. The van der Waals surface area contributed by atoms with Gasteiger partial charge in [0.15, 0.2) is 0 Å². The molecule has 0 radical (unpaired) electrons. The molecule has 0 saturated carbocycles. The van der Waals surface area contributed by atoms with Gasteiger partial charge in [-0.25, -0.2) is 9.97 Å². The van der Waals surface area contributed by atoms with E-state index in [0.717, 1.165) is 31.3 Å². The summed E-state index contributed by atoms with van der Waals surface area (Å²) in [6.07, 6.45) is 0. The lowest BCUT2D eigenvalue weighted by Crippen LogP contribution is -2.28. The Hall–Kier alpha value is -1.36. The van der Waals surface area contributed by atoms with Crippen molar-refractivity contribution in [3.8, 4) is 0 Å². The Morgan fingerprint density at radius 1 is 1.33 bits per heavy atom. The summed E-state index contributed by atoms with van der Waals surface area (Å²) < 4.78 is 5.38. The van der Waals surface area contributed by atoms with Crippen LogP contribution in [0.5, 0.6) is 0 Å². The van der Waals surface area contributed by atoms with Crippen molar-refractivity contribution in [1.29, 1.82) is 0 Å². The highest BCUT2D eigenvalue weighted by atomic mass is 16.5. The van der Waals surface area contributed by atoms with Gasteiger partial charge >= 0.3 is 0 Å². The number of rotatable bonds is 7. The van der Waals surface area contributed by atoms with Crippen molar-refractivity contribution in [2.75, 3.05) is 36.9 Å². The zero-order valence-electron chi connectivity index (χ0n) is 11.8.